The van der Waals surface area contributed by atoms with Crippen molar-refractivity contribution < 1.29 is 116 Å². The second-order valence-electron chi connectivity index (χ2n) is 26.4. The molecular formula is C88H94N8O24. The van der Waals surface area contributed by atoms with Crippen molar-refractivity contribution in [1.82, 2.24) is 19.9 Å². The Bertz CT molecular complexity index is 5450. The van der Waals surface area contributed by atoms with Crippen LogP contribution in [0.2, 0.25) is 0 Å². The number of rotatable bonds is 42. The van der Waals surface area contributed by atoms with E-state index < -0.39 is 77.2 Å². The van der Waals surface area contributed by atoms with Gasteiger partial charge in [-0.25, -0.2) is 48.3 Å². The Morgan fingerprint density at radius 3 is 0.850 bits per heavy atom. The molecule has 0 fully saturated rings. The van der Waals surface area contributed by atoms with Gasteiger partial charge >= 0.3 is 71.6 Å². The molecule has 32 heteroatoms. The molecule has 4 aromatic carbocycles. The first-order chi connectivity index (χ1) is 57.8. The number of fused-ring (bicyclic) bond motifs is 8. The molecule has 0 amide bonds. The number of carboxylic acids is 4. The lowest BCUT2D eigenvalue weighted by atomic mass is 9.91. The van der Waals surface area contributed by atoms with Crippen LogP contribution >= 0.6 is 0 Å². The summed E-state index contributed by atoms with van der Waals surface area (Å²) in [5, 5.41) is 51.2. The van der Waals surface area contributed by atoms with Crippen LogP contribution in [0.15, 0.2) is 97.6 Å². The van der Waals surface area contributed by atoms with Crippen LogP contribution in [0.25, 0.3) is 90.4 Å². The van der Waals surface area contributed by atoms with Gasteiger partial charge in [0.15, 0.2) is 0 Å². The molecule has 0 saturated heterocycles. The van der Waals surface area contributed by atoms with E-state index in [1.165, 1.54) is 54.6 Å². The van der Waals surface area contributed by atoms with Crippen LogP contribution in [0.1, 0.15) is 212 Å². The van der Waals surface area contributed by atoms with E-state index in [2.05, 4.69) is 37.8 Å². The smallest absolute Gasteiger partial charge is 0.341 e. The third-order valence-electron chi connectivity index (χ3n) is 18.6. The first-order valence-electron chi connectivity index (χ1n) is 39.2. The average molecular weight is 1650 g/mol. The maximum Gasteiger partial charge on any atom is 0.341 e. The highest BCUT2D eigenvalue weighted by Gasteiger charge is 2.37. The van der Waals surface area contributed by atoms with Crippen LogP contribution in [0, 0.1) is 0 Å². The Morgan fingerprint density at radius 1 is 0.342 bits per heavy atom. The van der Waals surface area contributed by atoms with Crippen LogP contribution in [0.3, 0.4) is 0 Å². The van der Waals surface area contributed by atoms with Gasteiger partial charge in [0.05, 0.1) is 120 Å². The van der Waals surface area contributed by atoms with Gasteiger partial charge in [0, 0.05) is 147 Å². The molecule has 32 nitrogen and oxygen atoms in total. The summed E-state index contributed by atoms with van der Waals surface area (Å²) in [4.78, 5) is 187. The second kappa shape index (κ2) is 42.6. The minimum atomic E-state index is -1.10. The van der Waals surface area contributed by atoms with Gasteiger partial charge in [0.2, 0.25) is 0 Å². The highest BCUT2D eigenvalue weighted by molar-refractivity contribution is 6.19. The number of carboxylic acid groups (broad SMARTS) is 4. The van der Waals surface area contributed by atoms with Crippen LogP contribution in [-0.4, -0.2) is 191 Å². The van der Waals surface area contributed by atoms with Crippen LogP contribution in [0.4, 0.5) is 22.7 Å². The molecule has 5 heterocycles. The summed E-state index contributed by atoms with van der Waals surface area (Å²) in [6.45, 7) is 14.5. The van der Waals surface area contributed by atoms with Crippen LogP contribution < -0.4 is 21.3 Å². The molecule has 120 heavy (non-hydrogen) atoms. The van der Waals surface area contributed by atoms with Crippen molar-refractivity contribution in [2.45, 2.75) is 107 Å². The first kappa shape index (κ1) is 89.7. The number of allylic oxidation sites excluding steroid dienone is 4. The number of esters is 8. The highest BCUT2D eigenvalue weighted by Crippen LogP contribution is 2.47. The molecule has 7 aromatic rings. The third kappa shape index (κ3) is 21.0. The van der Waals surface area contributed by atoms with Crippen molar-refractivity contribution in [2.75, 3.05) is 100 Å². The Kier molecular flexibility index (Phi) is 31.9. The Balaban J connectivity index is 1.67. The topological polar surface area (TPSA) is 465 Å². The molecule has 630 valence electrons. The fourth-order valence-corrected chi connectivity index (χ4v) is 13.7. The first-order valence-corrected chi connectivity index (χ1v) is 39.2. The Morgan fingerprint density at radius 2 is 0.592 bits per heavy atom. The van der Waals surface area contributed by atoms with E-state index in [1.54, 1.807) is 110 Å². The molecule has 8 bridgehead atoms. The number of carbonyl (C=O) groups excluding carboxylic acids is 8. The lowest BCUT2D eigenvalue weighted by Gasteiger charge is -2.19. The molecule has 10 N–H and O–H groups in total. The number of hydrogen-bond acceptors (Lipinski definition) is 26. The monoisotopic (exact) mass is 1650 g/mol. The zero-order valence-electron chi connectivity index (χ0n) is 67.6. The van der Waals surface area contributed by atoms with Gasteiger partial charge in [-0.15, -0.1) is 0 Å². The van der Waals surface area contributed by atoms with Crippen molar-refractivity contribution in [3.05, 3.63) is 165 Å². The zero-order valence-corrected chi connectivity index (χ0v) is 67.6. The average Bonchev–Trinajstić information content (AvgIpc) is 1.55. The van der Waals surface area contributed by atoms with Crippen molar-refractivity contribution in [3.8, 4) is 44.5 Å². The van der Waals surface area contributed by atoms with Gasteiger partial charge in [0.1, 0.15) is 0 Å². The minimum absolute atomic E-state index is 0.00550. The van der Waals surface area contributed by atoms with E-state index in [0.717, 1.165) is 0 Å². The predicted octanol–water partition coefficient (Wildman–Crippen LogP) is 15.0. The van der Waals surface area contributed by atoms with E-state index in [4.69, 9.17) is 47.9 Å². The van der Waals surface area contributed by atoms with Crippen molar-refractivity contribution >= 4 is 140 Å². The van der Waals surface area contributed by atoms with Crippen molar-refractivity contribution in [2.24, 2.45) is 0 Å². The number of carbonyl (C=O) groups is 12. The molecule has 2 aliphatic heterocycles. The van der Waals surface area contributed by atoms with Crippen LogP contribution in [-0.2, 0) is 57.1 Å². The van der Waals surface area contributed by atoms with Gasteiger partial charge in [-0.2, -0.15) is 0 Å². The number of benzene rings is 4. The lowest BCUT2D eigenvalue weighted by molar-refractivity contribution is -0.138. The molecule has 0 aliphatic carbocycles. The van der Waals surface area contributed by atoms with Gasteiger partial charge in [0.25, 0.3) is 0 Å². The normalized spacial score (nSPS) is 11.4. The number of aliphatic carboxylic acids is 4. The zero-order chi connectivity index (χ0) is 86.9. The van der Waals surface area contributed by atoms with Crippen molar-refractivity contribution in [1.29, 1.82) is 0 Å². The van der Waals surface area contributed by atoms with E-state index in [0.29, 0.717) is 0 Å². The molecule has 9 rings (SSSR count). The number of nitrogens with one attached hydrogen (secondary N) is 6. The quantitative estimate of drug-likeness (QED) is 0.00735. The molecule has 0 saturated carbocycles. The summed E-state index contributed by atoms with van der Waals surface area (Å²) in [6, 6.07) is 18.3. The van der Waals surface area contributed by atoms with E-state index in [9.17, 15) is 58.8 Å². The third-order valence-corrected chi connectivity index (χ3v) is 18.6. The molecule has 0 unspecified atom stereocenters. The number of nitrogens with zero attached hydrogens (tertiary/aromatic N) is 2. The number of aromatic amines is 2. The largest absolute Gasteiger partial charge is 0.481 e. The number of hydrogen-bond donors (Lipinski definition) is 10. The van der Waals surface area contributed by atoms with E-state index in [1.807, 2.05) is 0 Å². The fourth-order valence-electron chi connectivity index (χ4n) is 13.7. The highest BCUT2D eigenvalue weighted by atomic mass is 16.6. The van der Waals surface area contributed by atoms with Gasteiger partial charge in [-0.05, 0) is 148 Å². The Hall–Kier alpha value is -14.2. The summed E-state index contributed by atoms with van der Waals surface area (Å²) in [5.74, 6) is -12.7. The molecule has 0 atom stereocenters. The van der Waals surface area contributed by atoms with Gasteiger partial charge < -0.3 is 89.6 Å². The van der Waals surface area contributed by atoms with E-state index >= 15 is 19.2 Å². The lowest BCUT2D eigenvalue weighted by Crippen LogP contribution is -2.19. The molecule has 3 aromatic heterocycles. The number of H-pyrrole nitrogens is 2. The number of anilines is 4. The number of aromatic nitrogens is 4. The van der Waals surface area contributed by atoms with Gasteiger partial charge in [-0.1, -0.05) is 49.1 Å². The standard InChI is InChI=1S/C88H94N8O24/c1-10-19-24-48-47-63-70(51-31-35-55(91-45-22-27-66(101)102)78(87(111)119-17-8)74(51)83(107)115-13-4)61-40-39-59(94-61)68(49-29-33-53(89-43-20-25-64(97)98)76(85(109)117-15-6)72(49)81(105)113-11-2)57-37-38-58(93-57)69(50-30-34-54(90-44-21-26-65(99)100)77(86(110)118-16-7)73(50)82(106)114-12-3)60-41-42-62(95-60)71(80(48)96-63)52-32-36-56(92-46-23-28-67(103)104)79(88(112)120-18-9)75(52)84(108)116-14-5/h10,19,24,29-42,47,89-92,94-95H,1,11-18,20-23,25-28,43-46H2,2-9H3,(H,97,98)(H,99,100)(H,101,102)(H,103,104)/b24-19+,68-57?,68-59?,69-58?,69-60?,70-61?,70-63?,71-62?,80-71?. The molecule has 2 aliphatic rings. The SMILES string of the molecule is C=C/C=C/C1=Cc2nc1c(-c1ccc(NCCCC(=O)O)c(C(=O)OCC)c1C(=O)OCC)c1ccc([nH]1)c(-c1ccc(NCCCC(=O)O)c(C(=O)OCC)c1C(=O)OCC)c1nc(c(-c3ccc(NCCCC(=O)O)c(C(=O)OCC)c3C(=O)OCC)c3ccc([nH]3)c2-c2ccc(NCCCC(=O)O)c(C(=O)OCC)c2C(=O)OCC)C=C1. The predicted molar refractivity (Wildman–Crippen MR) is 448 cm³/mol. The Labute approximate surface area is 689 Å². The fraction of sp³-hybridized carbons (Fsp3) is 0.318. The van der Waals surface area contributed by atoms with Crippen LogP contribution in [0.5, 0.6) is 0 Å². The van der Waals surface area contributed by atoms with E-state index in [-0.39, 0.29) is 287 Å². The minimum Gasteiger partial charge on any atom is -0.481 e. The number of ether oxygens (including phenoxy) is 8. The summed E-state index contributed by atoms with van der Waals surface area (Å²) in [5.41, 5.74) is -2.52. The molecular weight excluding hydrogens is 1550 g/mol. The van der Waals surface area contributed by atoms with Crippen molar-refractivity contribution in [3.63, 3.8) is 0 Å². The molecule has 0 radical (unpaired) electrons. The summed E-state index contributed by atoms with van der Waals surface area (Å²) in [7, 11) is 0. The summed E-state index contributed by atoms with van der Waals surface area (Å²) in [6.07, 6.45) is 8.48. The second-order valence-corrected chi connectivity index (χ2v) is 26.4. The molecule has 0 spiro atoms. The summed E-state index contributed by atoms with van der Waals surface area (Å²) >= 11 is 0. The maximum atomic E-state index is 15.5. The maximum absolute atomic E-state index is 15.5. The van der Waals surface area contributed by atoms with Gasteiger partial charge in [-0.3, -0.25) is 19.2 Å². The summed E-state index contributed by atoms with van der Waals surface area (Å²) < 4.78 is 46.4.